The summed E-state index contributed by atoms with van der Waals surface area (Å²) in [5, 5.41) is 0. The summed E-state index contributed by atoms with van der Waals surface area (Å²) in [6.45, 7) is 0. The van der Waals surface area contributed by atoms with Gasteiger partial charge in [0.05, 0.1) is 22.5 Å². The van der Waals surface area contributed by atoms with Crippen LogP contribution in [0, 0.1) is 0 Å². The third-order valence-corrected chi connectivity index (χ3v) is 10.3. The van der Waals surface area contributed by atoms with Gasteiger partial charge in [0.15, 0.2) is 0 Å². The molecule has 0 saturated carbocycles. The standard InChI is InChI=1S/C54H38N4O2/c1-7-19-41(20-8-1)55-53-49-50(52(59-53)40-33-37-48(38-34-40)58(45-27-15-5-16-28-45)46-29-17-6-18-30-46)54(56-42-21-9-2-10-22-42)60-51(49)39-31-35-47(36-32-39)57(43-23-11-3-12-24-43)44-25-13-4-14-26-44/h1-38H/b55-53-,56-54-. The normalized spacial score (nSPS) is 14.5. The maximum absolute atomic E-state index is 6.87. The van der Waals surface area contributed by atoms with Gasteiger partial charge in [0.2, 0.25) is 11.8 Å². The van der Waals surface area contributed by atoms with Crippen LogP contribution in [0.2, 0.25) is 0 Å². The zero-order valence-corrected chi connectivity index (χ0v) is 32.5. The topological polar surface area (TPSA) is 49.7 Å². The first-order valence-electron chi connectivity index (χ1n) is 19.9. The van der Waals surface area contributed by atoms with Crippen LogP contribution in [0.1, 0.15) is 11.1 Å². The third kappa shape index (κ3) is 7.25. The fourth-order valence-corrected chi connectivity index (χ4v) is 7.56. The van der Waals surface area contributed by atoms with Crippen molar-refractivity contribution < 1.29 is 9.47 Å². The summed E-state index contributed by atoms with van der Waals surface area (Å²) in [7, 11) is 0. The predicted octanol–water partition coefficient (Wildman–Crippen LogP) is 14.3. The minimum atomic E-state index is 0.443. The summed E-state index contributed by atoms with van der Waals surface area (Å²) in [5.74, 6) is 2.13. The Bertz CT molecular complexity index is 2580. The van der Waals surface area contributed by atoms with Crippen molar-refractivity contribution in [3.63, 3.8) is 0 Å². The van der Waals surface area contributed by atoms with Crippen LogP contribution in [0.15, 0.2) is 252 Å². The molecule has 0 fully saturated rings. The van der Waals surface area contributed by atoms with Gasteiger partial charge in [-0.1, -0.05) is 109 Å². The van der Waals surface area contributed by atoms with Crippen molar-refractivity contribution >= 4 is 68.8 Å². The number of benzene rings is 8. The van der Waals surface area contributed by atoms with E-state index in [2.05, 4.69) is 155 Å². The summed E-state index contributed by atoms with van der Waals surface area (Å²) in [6, 6.07) is 78.1. The van der Waals surface area contributed by atoms with Gasteiger partial charge in [-0.25, -0.2) is 9.98 Å². The molecular weight excluding hydrogens is 737 g/mol. The fourth-order valence-electron chi connectivity index (χ4n) is 7.56. The molecule has 0 radical (unpaired) electrons. The minimum Gasteiger partial charge on any atom is -0.437 e. The molecule has 6 heteroatoms. The maximum Gasteiger partial charge on any atom is 0.231 e. The quantitative estimate of drug-likeness (QED) is 0.139. The highest BCUT2D eigenvalue weighted by Gasteiger charge is 2.43. The van der Waals surface area contributed by atoms with Gasteiger partial charge < -0.3 is 19.3 Å². The molecule has 6 nitrogen and oxygen atoms in total. The predicted molar refractivity (Wildman–Crippen MR) is 245 cm³/mol. The third-order valence-electron chi connectivity index (χ3n) is 10.3. The van der Waals surface area contributed by atoms with Crippen LogP contribution in [-0.4, -0.2) is 11.8 Å². The maximum atomic E-state index is 6.87. The van der Waals surface area contributed by atoms with Crippen LogP contribution >= 0.6 is 0 Å². The zero-order valence-electron chi connectivity index (χ0n) is 32.5. The van der Waals surface area contributed by atoms with Gasteiger partial charge >= 0.3 is 0 Å². The lowest BCUT2D eigenvalue weighted by molar-refractivity contribution is 0.499. The second-order valence-corrected chi connectivity index (χ2v) is 14.2. The molecule has 2 heterocycles. The number of fused-ring (bicyclic) bond motifs is 1. The van der Waals surface area contributed by atoms with Gasteiger partial charge in [-0.15, -0.1) is 0 Å². The van der Waals surface area contributed by atoms with E-state index in [1.807, 2.05) is 84.9 Å². The minimum absolute atomic E-state index is 0.443. The Kier molecular flexibility index (Phi) is 9.84. The molecule has 0 unspecified atom stereocenters. The zero-order chi connectivity index (χ0) is 40.1. The first-order valence-corrected chi connectivity index (χ1v) is 19.9. The van der Waals surface area contributed by atoms with E-state index in [4.69, 9.17) is 19.5 Å². The number of rotatable bonds is 10. The van der Waals surface area contributed by atoms with Gasteiger partial charge in [-0.05, 0) is 121 Å². The van der Waals surface area contributed by atoms with Crippen molar-refractivity contribution in [1.82, 2.24) is 0 Å². The summed E-state index contributed by atoms with van der Waals surface area (Å²) < 4.78 is 13.7. The highest BCUT2D eigenvalue weighted by molar-refractivity contribution is 6.28. The van der Waals surface area contributed by atoms with E-state index in [0.717, 1.165) is 67.8 Å². The van der Waals surface area contributed by atoms with Gasteiger partial charge in [0, 0.05) is 45.3 Å². The Morgan fingerprint density at radius 3 is 0.800 bits per heavy atom. The lowest BCUT2D eigenvalue weighted by Gasteiger charge is -2.25. The molecule has 0 saturated heterocycles. The molecule has 2 aliphatic rings. The highest BCUT2D eigenvalue weighted by atomic mass is 16.5. The van der Waals surface area contributed by atoms with Crippen LogP contribution in [0.4, 0.5) is 45.5 Å². The number of para-hydroxylation sites is 6. The van der Waals surface area contributed by atoms with Crippen molar-refractivity contribution in [1.29, 1.82) is 0 Å². The molecule has 10 rings (SSSR count). The summed E-state index contributed by atoms with van der Waals surface area (Å²) in [5.41, 5.74) is 11.0. The number of hydrogen-bond acceptors (Lipinski definition) is 6. The van der Waals surface area contributed by atoms with E-state index >= 15 is 0 Å². The van der Waals surface area contributed by atoms with E-state index in [1.165, 1.54) is 0 Å². The van der Waals surface area contributed by atoms with Crippen molar-refractivity contribution in [2.24, 2.45) is 9.98 Å². The largest absolute Gasteiger partial charge is 0.437 e. The van der Waals surface area contributed by atoms with Crippen molar-refractivity contribution in [2.75, 3.05) is 9.80 Å². The summed E-state index contributed by atoms with van der Waals surface area (Å²) in [4.78, 5) is 14.7. The molecule has 0 bridgehead atoms. The Hall–Kier alpha value is -8.22. The first-order chi connectivity index (χ1) is 29.8. The smallest absolute Gasteiger partial charge is 0.231 e. The van der Waals surface area contributed by atoms with Crippen LogP contribution in [0.3, 0.4) is 0 Å². The van der Waals surface area contributed by atoms with E-state index in [0.29, 0.717) is 23.3 Å². The average Bonchev–Trinajstić information content (AvgIpc) is 3.88. The number of hydrogen-bond donors (Lipinski definition) is 0. The van der Waals surface area contributed by atoms with E-state index in [9.17, 15) is 0 Å². The Morgan fingerprint density at radius 1 is 0.267 bits per heavy atom. The second kappa shape index (κ2) is 16.3. The SMILES string of the molecule is c1ccc(/N=C2\OC(c3ccc(N(c4ccccc4)c4ccccc4)cc3)=C3C2=C(c2ccc(N(c4ccccc4)c4ccccc4)cc2)O/C3=N\c2ccccc2)cc1. The molecule has 2 aliphatic heterocycles. The van der Waals surface area contributed by atoms with Gasteiger partial charge in [0.25, 0.3) is 0 Å². The first kappa shape index (κ1) is 36.1. The number of ether oxygens (including phenoxy) is 2. The molecule has 0 amide bonds. The molecule has 0 atom stereocenters. The molecular formula is C54H38N4O2. The monoisotopic (exact) mass is 774 g/mol. The van der Waals surface area contributed by atoms with Crippen molar-refractivity contribution in [3.05, 3.63) is 253 Å². The van der Waals surface area contributed by atoms with Gasteiger partial charge in [-0.2, -0.15) is 0 Å². The average molecular weight is 775 g/mol. The van der Waals surface area contributed by atoms with Crippen LogP contribution in [-0.2, 0) is 9.47 Å². The highest BCUT2D eigenvalue weighted by Crippen LogP contribution is 2.47. The van der Waals surface area contributed by atoms with Crippen molar-refractivity contribution in [2.45, 2.75) is 0 Å². The Morgan fingerprint density at radius 2 is 0.517 bits per heavy atom. The van der Waals surface area contributed by atoms with Crippen LogP contribution in [0.25, 0.3) is 11.5 Å². The number of nitrogens with zero attached hydrogens (tertiary/aromatic N) is 4. The molecule has 0 aliphatic carbocycles. The number of anilines is 6. The van der Waals surface area contributed by atoms with Crippen molar-refractivity contribution in [3.8, 4) is 0 Å². The van der Waals surface area contributed by atoms with Gasteiger partial charge in [0.1, 0.15) is 11.5 Å². The molecule has 8 aromatic rings. The van der Waals surface area contributed by atoms with Gasteiger partial charge in [-0.3, -0.25) is 0 Å². The summed E-state index contributed by atoms with van der Waals surface area (Å²) in [6.07, 6.45) is 0. The lowest BCUT2D eigenvalue weighted by Crippen LogP contribution is -2.10. The molecule has 0 aromatic heterocycles. The Balaban J connectivity index is 1.11. The molecule has 0 N–H and O–H groups in total. The number of aliphatic imine (C=N–C) groups is 2. The fraction of sp³-hybridized carbons (Fsp3) is 0. The van der Waals surface area contributed by atoms with E-state index < -0.39 is 0 Å². The molecule has 8 aromatic carbocycles. The summed E-state index contributed by atoms with van der Waals surface area (Å²) >= 11 is 0. The second-order valence-electron chi connectivity index (χ2n) is 14.2. The van der Waals surface area contributed by atoms with Crippen LogP contribution in [0.5, 0.6) is 0 Å². The molecule has 286 valence electrons. The van der Waals surface area contributed by atoms with E-state index in [-0.39, 0.29) is 0 Å². The van der Waals surface area contributed by atoms with E-state index in [1.54, 1.807) is 0 Å². The lowest BCUT2D eigenvalue weighted by atomic mass is 10.0. The van der Waals surface area contributed by atoms with Crippen LogP contribution < -0.4 is 9.80 Å². The molecule has 60 heavy (non-hydrogen) atoms. The molecule has 0 spiro atoms. The Labute approximate surface area is 349 Å².